The Bertz CT molecular complexity index is 1390. The molecule has 4 amide bonds. The summed E-state index contributed by atoms with van der Waals surface area (Å²) in [7, 11) is 4.93. The van der Waals surface area contributed by atoms with Crippen molar-refractivity contribution in [1.29, 1.82) is 0 Å². The van der Waals surface area contributed by atoms with E-state index in [9.17, 15) is 24.0 Å². The normalized spacial score (nSPS) is 19.0. The van der Waals surface area contributed by atoms with Crippen molar-refractivity contribution in [2.45, 2.75) is 149 Å². The first-order valence-corrected chi connectivity index (χ1v) is 19.4. The molecular formula is C41H69N5O8. The van der Waals surface area contributed by atoms with Crippen molar-refractivity contribution in [3.63, 3.8) is 0 Å². The van der Waals surface area contributed by atoms with Gasteiger partial charge >= 0.3 is 5.97 Å². The van der Waals surface area contributed by atoms with Crippen LogP contribution < -0.4 is 16.4 Å². The number of hydrogen-bond acceptors (Lipinski definition) is 10. The van der Waals surface area contributed by atoms with Gasteiger partial charge in [-0.15, -0.1) is 0 Å². The van der Waals surface area contributed by atoms with Gasteiger partial charge in [-0.25, -0.2) is 4.79 Å². The van der Waals surface area contributed by atoms with Crippen molar-refractivity contribution in [2.24, 2.45) is 23.5 Å². The molecule has 1 heterocycles. The number of carbonyl (C=O) groups is 5. The first kappa shape index (κ1) is 46.8. The van der Waals surface area contributed by atoms with Gasteiger partial charge in [0.05, 0.1) is 42.2 Å². The van der Waals surface area contributed by atoms with Gasteiger partial charge in [0.1, 0.15) is 11.6 Å². The van der Waals surface area contributed by atoms with Crippen LogP contribution in [-0.2, 0) is 44.6 Å². The molecule has 13 nitrogen and oxygen atoms in total. The van der Waals surface area contributed by atoms with Crippen molar-refractivity contribution in [3.8, 4) is 0 Å². The summed E-state index contributed by atoms with van der Waals surface area (Å²) in [5.41, 5.74) is 4.86. The zero-order valence-electron chi connectivity index (χ0n) is 35.1. The number of methoxy groups -OCH3 is 2. The van der Waals surface area contributed by atoms with Gasteiger partial charge in [0.15, 0.2) is 0 Å². The lowest BCUT2D eigenvalue weighted by Gasteiger charge is -2.43. The van der Waals surface area contributed by atoms with Crippen LogP contribution in [0.3, 0.4) is 0 Å². The first-order chi connectivity index (χ1) is 25.1. The summed E-state index contributed by atoms with van der Waals surface area (Å²) in [5.74, 6) is -2.96. The average Bonchev–Trinajstić information content (AvgIpc) is 3.56. The van der Waals surface area contributed by atoms with Crippen LogP contribution in [0.25, 0.3) is 0 Å². The van der Waals surface area contributed by atoms with E-state index in [-0.39, 0.29) is 42.5 Å². The third-order valence-corrected chi connectivity index (χ3v) is 10.4. The second kappa shape index (κ2) is 20.5. The number of nitrogens with one attached hydrogen (secondary N) is 2. The molecule has 4 N–H and O–H groups in total. The van der Waals surface area contributed by atoms with Gasteiger partial charge in [-0.3, -0.25) is 29.4 Å². The Morgan fingerprint density at radius 1 is 0.963 bits per heavy atom. The average molecular weight is 760 g/mol. The largest absolute Gasteiger partial charge is 0.458 e. The SMILES string of the molecule is CC[C@H](C)[C@@H]([C@@H](CC(=O)N1CCC[C@H]1[C@H](OC)[C@@H](C)C(=O)N[C@@H](Cc1ccccc1)C(=O)OC(C)(C)C)OC)N(C)[C@H](C(=O)NC(=O)C(C)(C)N)C(C)C. The van der Waals surface area contributed by atoms with E-state index in [0.717, 1.165) is 18.4 Å². The molecule has 0 unspecified atom stereocenters. The van der Waals surface area contributed by atoms with Gasteiger partial charge in [0.25, 0.3) is 0 Å². The molecule has 8 atom stereocenters. The highest BCUT2D eigenvalue weighted by molar-refractivity contribution is 6.01. The fraction of sp³-hybridized carbons (Fsp3) is 0.732. The molecular weight excluding hydrogens is 690 g/mol. The second-order valence-corrected chi connectivity index (χ2v) is 16.8. The molecule has 0 spiro atoms. The second-order valence-electron chi connectivity index (χ2n) is 16.8. The van der Waals surface area contributed by atoms with E-state index < -0.39 is 65.2 Å². The molecule has 0 aromatic heterocycles. The lowest BCUT2D eigenvalue weighted by atomic mass is 9.87. The van der Waals surface area contributed by atoms with Crippen LogP contribution >= 0.6 is 0 Å². The van der Waals surface area contributed by atoms with E-state index in [1.807, 2.05) is 63.1 Å². The van der Waals surface area contributed by atoms with Crippen molar-refractivity contribution in [1.82, 2.24) is 20.4 Å². The van der Waals surface area contributed by atoms with Crippen LogP contribution in [0.2, 0.25) is 0 Å². The number of ether oxygens (including phenoxy) is 3. The smallest absolute Gasteiger partial charge is 0.329 e. The number of nitrogens with zero attached hydrogens (tertiary/aromatic N) is 2. The van der Waals surface area contributed by atoms with Crippen molar-refractivity contribution in [3.05, 3.63) is 35.9 Å². The molecule has 1 saturated heterocycles. The van der Waals surface area contributed by atoms with Crippen LogP contribution in [0.1, 0.15) is 100 Å². The van der Waals surface area contributed by atoms with Gasteiger partial charge in [-0.05, 0) is 71.9 Å². The highest BCUT2D eigenvalue weighted by Crippen LogP contribution is 2.30. The molecule has 1 aliphatic rings. The predicted molar refractivity (Wildman–Crippen MR) is 209 cm³/mol. The minimum Gasteiger partial charge on any atom is -0.458 e. The van der Waals surface area contributed by atoms with E-state index in [4.69, 9.17) is 19.9 Å². The summed E-state index contributed by atoms with van der Waals surface area (Å²) in [6, 6.07) is 7.05. The Labute approximate surface area is 323 Å². The number of likely N-dealkylation sites (N-methyl/N-ethyl adjacent to an activating group) is 1. The van der Waals surface area contributed by atoms with E-state index in [1.165, 1.54) is 21.0 Å². The number of esters is 1. The minimum absolute atomic E-state index is 0.0158. The Kier molecular flexibility index (Phi) is 17.8. The molecule has 0 bridgehead atoms. The topological polar surface area (TPSA) is 170 Å². The number of likely N-dealkylation sites (tertiary alicyclic amines) is 1. The number of hydrogen-bond donors (Lipinski definition) is 3. The number of rotatable bonds is 19. The maximum atomic E-state index is 14.2. The molecule has 0 aliphatic carbocycles. The summed E-state index contributed by atoms with van der Waals surface area (Å²) in [6.07, 6.45) is 1.15. The summed E-state index contributed by atoms with van der Waals surface area (Å²) < 4.78 is 17.7. The molecule has 0 radical (unpaired) electrons. The maximum Gasteiger partial charge on any atom is 0.329 e. The highest BCUT2D eigenvalue weighted by Gasteiger charge is 2.44. The summed E-state index contributed by atoms with van der Waals surface area (Å²) in [6.45, 7) is 18.6. The number of carbonyl (C=O) groups excluding carboxylic acids is 5. The molecule has 1 aliphatic heterocycles. The van der Waals surface area contributed by atoms with Gasteiger partial charge in [-0.1, -0.05) is 71.4 Å². The van der Waals surface area contributed by atoms with Crippen LogP contribution in [-0.4, -0.2) is 115 Å². The van der Waals surface area contributed by atoms with Gasteiger partial charge in [0, 0.05) is 33.2 Å². The maximum absolute atomic E-state index is 14.2. The van der Waals surface area contributed by atoms with Crippen molar-refractivity contribution >= 4 is 29.6 Å². The zero-order chi connectivity index (χ0) is 41.1. The standard InChI is InChI=1S/C41H69N5O8/c1-14-26(4)34(45(11)33(25(2)3)37(49)44-39(51)41(9,10)42)31(52-12)24-32(47)46-22-18-21-30(46)35(53-13)27(5)36(48)43-29(38(50)54-40(6,7)8)23-28-19-16-15-17-20-28/h15-17,19-20,25-27,29-31,33-35H,14,18,21-24,42H2,1-13H3,(H,43,48)(H,44,49,51)/t26-,27+,29-,30-,31+,33-,34-,35+/m0/s1. The van der Waals surface area contributed by atoms with Crippen LogP contribution in [0.5, 0.6) is 0 Å². The molecule has 13 heteroatoms. The Balaban J connectivity index is 2.32. The highest BCUT2D eigenvalue weighted by atomic mass is 16.6. The van der Waals surface area contributed by atoms with Gasteiger partial charge in [0.2, 0.25) is 23.6 Å². The third-order valence-electron chi connectivity index (χ3n) is 10.4. The number of imide groups is 1. The molecule has 1 aromatic rings. The van der Waals surface area contributed by atoms with E-state index >= 15 is 0 Å². The fourth-order valence-corrected chi connectivity index (χ4v) is 7.40. The molecule has 0 saturated carbocycles. The van der Waals surface area contributed by atoms with Crippen LogP contribution in [0.15, 0.2) is 30.3 Å². The molecule has 2 rings (SSSR count). The fourth-order valence-electron chi connectivity index (χ4n) is 7.40. The minimum atomic E-state index is -1.24. The molecule has 1 aromatic carbocycles. The Morgan fingerprint density at radius 3 is 2.07 bits per heavy atom. The summed E-state index contributed by atoms with van der Waals surface area (Å²) >= 11 is 0. The van der Waals surface area contributed by atoms with Crippen LogP contribution in [0.4, 0.5) is 0 Å². The number of benzene rings is 1. The van der Waals surface area contributed by atoms with Gasteiger partial charge in [-0.2, -0.15) is 0 Å². The number of amides is 4. The van der Waals surface area contributed by atoms with E-state index in [2.05, 4.69) is 17.6 Å². The lowest BCUT2D eigenvalue weighted by Crippen LogP contribution is -2.60. The third kappa shape index (κ3) is 13.1. The lowest BCUT2D eigenvalue weighted by molar-refractivity contribution is -0.159. The van der Waals surface area contributed by atoms with Gasteiger partial charge < -0.3 is 30.2 Å². The van der Waals surface area contributed by atoms with Crippen molar-refractivity contribution < 1.29 is 38.2 Å². The Morgan fingerprint density at radius 2 is 1.57 bits per heavy atom. The van der Waals surface area contributed by atoms with E-state index in [1.54, 1.807) is 39.7 Å². The molecule has 306 valence electrons. The monoisotopic (exact) mass is 760 g/mol. The van der Waals surface area contributed by atoms with Crippen molar-refractivity contribution in [2.75, 3.05) is 27.8 Å². The van der Waals surface area contributed by atoms with E-state index in [0.29, 0.717) is 13.0 Å². The van der Waals surface area contributed by atoms with Crippen LogP contribution in [0, 0.1) is 17.8 Å². The summed E-state index contributed by atoms with van der Waals surface area (Å²) in [5, 5.41) is 5.41. The Hall–Kier alpha value is -3.39. The molecule has 54 heavy (non-hydrogen) atoms. The zero-order valence-corrected chi connectivity index (χ0v) is 35.1. The molecule has 1 fully saturated rings. The number of nitrogens with two attached hydrogens (primary N) is 1. The summed E-state index contributed by atoms with van der Waals surface area (Å²) in [4.78, 5) is 71.3. The predicted octanol–water partition coefficient (Wildman–Crippen LogP) is 3.85. The quantitative estimate of drug-likeness (QED) is 0.176. The first-order valence-electron chi connectivity index (χ1n) is 19.4.